The summed E-state index contributed by atoms with van der Waals surface area (Å²) in [5.41, 5.74) is 2.86. The van der Waals surface area contributed by atoms with Gasteiger partial charge in [-0.15, -0.1) is 0 Å². The highest BCUT2D eigenvalue weighted by atomic mass is 16.5. The second kappa shape index (κ2) is 3.05. The lowest BCUT2D eigenvalue weighted by Crippen LogP contribution is -2.11. The van der Waals surface area contributed by atoms with E-state index in [2.05, 4.69) is 9.98 Å². The summed E-state index contributed by atoms with van der Waals surface area (Å²) in [5.74, 6) is 0.777. The van der Waals surface area contributed by atoms with Crippen molar-refractivity contribution in [2.45, 2.75) is 6.92 Å². The van der Waals surface area contributed by atoms with Gasteiger partial charge in [-0.1, -0.05) is 18.2 Å². The maximum absolute atomic E-state index is 5.55. The first-order valence-corrected chi connectivity index (χ1v) is 4.89. The average molecular weight is 198 g/mol. The summed E-state index contributed by atoms with van der Waals surface area (Å²) < 4.78 is 5.55. The molecular weight excluding hydrogens is 188 g/mol. The fraction of sp³-hybridized carbons (Fsp3) is 0.167. The fourth-order valence-corrected chi connectivity index (χ4v) is 1.73. The molecule has 3 nitrogen and oxygen atoms in total. The van der Waals surface area contributed by atoms with Crippen molar-refractivity contribution in [2.24, 2.45) is 4.99 Å². The lowest BCUT2D eigenvalue weighted by molar-refractivity contribution is 0.371. The molecule has 0 amide bonds. The van der Waals surface area contributed by atoms with Crippen LogP contribution < -0.4 is 4.74 Å². The van der Waals surface area contributed by atoms with Gasteiger partial charge in [-0.05, 0) is 13.0 Å². The van der Waals surface area contributed by atoms with Crippen molar-refractivity contribution >= 4 is 22.3 Å². The predicted molar refractivity (Wildman–Crippen MR) is 60.0 cm³/mol. The number of benzene rings is 1. The topological polar surface area (TPSA) is 34.5 Å². The van der Waals surface area contributed by atoms with Gasteiger partial charge in [0.05, 0.1) is 17.4 Å². The zero-order valence-electron chi connectivity index (χ0n) is 8.40. The Hall–Kier alpha value is -1.90. The number of pyridine rings is 1. The van der Waals surface area contributed by atoms with Gasteiger partial charge in [-0.3, -0.25) is 4.98 Å². The largest absolute Gasteiger partial charge is 0.484 e. The van der Waals surface area contributed by atoms with Crippen molar-refractivity contribution in [3.63, 3.8) is 0 Å². The van der Waals surface area contributed by atoms with Crippen molar-refractivity contribution in [1.29, 1.82) is 0 Å². The summed E-state index contributed by atoms with van der Waals surface area (Å²) in [6.45, 7) is 2.53. The minimum Gasteiger partial charge on any atom is -0.484 e. The second-order valence-corrected chi connectivity index (χ2v) is 3.62. The minimum atomic E-state index is 0.563. The van der Waals surface area contributed by atoms with Crippen LogP contribution in [-0.2, 0) is 0 Å². The summed E-state index contributed by atoms with van der Waals surface area (Å²) in [7, 11) is 0. The number of hydrogen-bond donors (Lipinski definition) is 0. The summed E-state index contributed by atoms with van der Waals surface area (Å²) in [5, 5.41) is 1.05. The Morgan fingerprint density at radius 3 is 3.07 bits per heavy atom. The molecule has 0 aliphatic carbocycles. The van der Waals surface area contributed by atoms with Crippen LogP contribution in [0.25, 0.3) is 10.9 Å². The second-order valence-electron chi connectivity index (χ2n) is 3.62. The van der Waals surface area contributed by atoms with Crippen LogP contribution in [0.2, 0.25) is 0 Å². The van der Waals surface area contributed by atoms with Gasteiger partial charge in [0, 0.05) is 5.39 Å². The normalized spacial score (nSPS) is 14.3. The number of rotatable bonds is 0. The highest BCUT2D eigenvalue weighted by molar-refractivity contribution is 5.98. The molecule has 0 atom stereocenters. The molecule has 0 N–H and O–H groups in total. The Balaban J connectivity index is 2.39. The molecule has 1 aliphatic heterocycles. The molecular formula is C12H10N2O. The summed E-state index contributed by atoms with van der Waals surface area (Å²) in [6.07, 6.45) is 1.74. The van der Waals surface area contributed by atoms with Crippen molar-refractivity contribution < 1.29 is 4.74 Å². The molecule has 0 fully saturated rings. The van der Waals surface area contributed by atoms with Gasteiger partial charge in [-0.2, -0.15) is 0 Å². The Kier molecular flexibility index (Phi) is 1.71. The van der Waals surface area contributed by atoms with Crippen LogP contribution in [0, 0.1) is 0 Å². The molecule has 15 heavy (non-hydrogen) atoms. The van der Waals surface area contributed by atoms with Crippen LogP contribution in [-0.4, -0.2) is 17.3 Å². The Morgan fingerprint density at radius 2 is 2.13 bits per heavy atom. The van der Waals surface area contributed by atoms with Gasteiger partial charge in [-0.25, -0.2) is 4.99 Å². The summed E-state index contributed by atoms with van der Waals surface area (Å²) in [6, 6.07) is 7.97. The average Bonchev–Trinajstić information content (AvgIpc) is 2.29. The third-order valence-electron chi connectivity index (χ3n) is 2.45. The molecule has 1 aliphatic rings. The van der Waals surface area contributed by atoms with Crippen LogP contribution >= 0.6 is 0 Å². The fourth-order valence-electron chi connectivity index (χ4n) is 1.73. The van der Waals surface area contributed by atoms with E-state index in [-0.39, 0.29) is 0 Å². The molecule has 0 saturated heterocycles. The first-order valence-electron chi connectivity index (χ1n) is 4.89. The summed E-state index contributed by atoms with van der Waals surface area (Å²) >= 11 is 0. The van der Waals surface area contributed by atoms with Gasteiger partial charge in [0.2, 0.25) is 0 Å². The van der Waals surface area contributed by atoms with Crippen LogP contribution in [0.3, 0.4) is 0 Å². The summed E-state index contributed by atoms with van der Waals surface area (Å²) in [4.78, 5) is 8.85. The third kappa shape index (κ3) is 1.28. The molecule has 1 aromatic heterocycles. The molecule has 3 heteroatoms. The highest BCUT2D eigenvalue weighted by Gasteiger charge is 2.13. The maximum Gasteiger partial charge on any atom is 0.164 e. The van der Waals surface area contributed by atoms with Crippen LogP contribution in [0.5, 0.6) is 5.75 Å². The number of para-hydroxylation sites is 1. The number of aliphatic imine (C=N–C) groups is 1. The van der Waals surface area contributed by atoms with Gasteiger partial charge >= 0.3 is 0 Å². The van der Waals surface area contributed by atoms with E-state index in [1.165, 1.54) is 0 Å². The van der Waals surface area contributed by atoms with E-state index >= 15 is 0 Å². The molecule has 1 aromatic carbocycles. The highest BCUT2D eigenvalue weighted by Crippen LogP contribution is 2.36. The van der Waals surface area contributed by atoms with E-state index in [0.29, 0.717) is 6.61 Å². The molecule has 0 unspecified atom stereocenters. The molecule has 2 heterocycles. The van der Waals surface area contributed by atoms with Crippen molar-refractivity contribution in [2.75, 3.05) is 6.61 Å². The predicted octanol–water partition coefficient (Wildman–Crippen LogP) is 2.72. The first-order chi connectivity index (χ1) is 7.34. The SMILES string of the molecule is CC1=Nc2c(cnc3ccccc23)OC1. The van der Waals surface area contributed by atoms with E-state index in [1.807, 2.05) is 31.2 Å². The van der Waals surface area contributed by atoms with E-state index < -0.39 is 0 Å². The molecule has 0 bridgehead atoms. The van der Waals surface area contributed by atoms with Crippen LogP contribution in [0.4, 0.5) is 5.69 Å². The van der Waals surface area contributed by atoms with E-state index in [1.54, 1.807) is 6.20 Å². The molecule has 3 rings (SSSR count). The Bertz CT molecular complexity index is 561. The minimum absolute atomic E-state index is 0.563. The number of hydrogen-bond acceptors (Lipinski definition) is 3. The van der Waals surface area contributed by atoms with Gasteiger partial charge in [0.1, 0.15) is 12.3 Å². The maximum atomic E-state index is 5.55. The number of aromatic nitrogens is 1. The monoisotopic (exact) mass is 198 g/mol. The van der Waals surface area contributed by atoms with Gasteiger partial charge < -0.3 is 4.74 Å². The zero-order chi connectivity index (χ0) is 10.3. The van der Waals surface area contributed by atoms with Crippen LogP contribution in [0.15, 0.2) is 35.5 Å². The standard InChI is InChI=1S/C12H10N2O/c1-8-7-15-11-6-13-10-5-3-2-4-9(10)12(11)14-8/h2-6H,7H2,1H3. The quantitative estimate of drug-likeness (QED) is 0.652. The number of ether oxygens (including phenoxy) is 1. The first kappa shape index (κ1) is 8.41. The Morgan fingerprint density at radius 1 is 1.27 bits per heavy atom. The van der Waals surface area contributed by atoms with Gasteiger partial charge in [0.15, 0.2) is 5.75 Å². The molecule has 0 radical (unpaired) electrons. The number of nitrogens with zero attached hydrogens (tertiary/aromatic N) is 2. The third-order valence-corrected chi connectivity index (χ3v) is 2.45. The molecule has 0 saturated carbocycles. The van der Waals surface area contributed by atoms with E-state index in [0.717, 1.165) is 28.1 Å². The molecule has 0 spiro atoms. The van der Waals surface area contributed by atoms with Crippen molar-refractivity contribution in [3.05, 3.63) is 30.5 Å². The lowest BCUT2D eigenvalue weighted by atomic mass is 10.1. The van der Waals surface area contributed by atoms with Crippen molar-refractivity contribution in [3.8, 4) is 5.75 Å². The van der Waals surface area contributed by atoms with Gasteiger partial charge in [0.25, 0.3) is 0 Å². The smallest absolute Gasteiger partial charge is 0.164 e. The van der Waals surface area contributed by atoms with Crippen molar-refractivity contribution in [1.82, 2.24) is 4.98 Å². The van der Waals surface area contributed by atoms with E-state index in [4.69, 9.17) is 4.74 Å². The lowest BCUT2D eigenvalue weighted by Gasteiger charge is -2.15. The van der Waals surface area contributed by atoms with Crippen LogP contribution in [0.1, 0.15) is 6.92 Å². The molecule has 74 valence electrons. The van der Waals surface area contributed by atoms with E-state index in [9.17, 15) is 0 Å². The zero-order valence-corrected chi connectivity index (χ0v) is 8.40. The Labute approximate surface area is 87.4 Å². The number of fused-ring (bicyclic) bond motifs is 3. The molecule has 2 aromatic rings.